The lowest BCUT2D eigenvalue weighted by atomic mass is 9.97. The molecule has 4 nitrogen and oxygen atoms in total. The molecule has 1 N–H and O–H groups in total. The van der Waals surface area contributed by atoms with Gasteiger partial charge in [-0.1, -0.05) is 48.5 Å². The molecule has 0 saturated heterocycles. The van der Waals surface area contributed by atoms with E-state index in [4.69, 9.17) is 0 Å². The van der Waals surface area contributed by atoms with Crippen molar-refractivity contribution < 1.29 is 0 Å². The zero-order valence-electron chi connectivity index (χ0n) is 11.2. The number of H-pyrrole nitrogens is 1. The van der Waals surface area contributed by atoms with Gasteiger partial charge in [-0.2, -0.15) is 10.1 Å². The predicted molar refractivity (Wildman–Crippen MR) is 85.1 cm³/mol. The van der Waals surface area contributed by atoms with Crippen LogP contribution in [0, 0.1) is 0 Å². The molecule has 0 atom stereocenters. The van der Waals surface area contributed by atoms with Crippen molar-refractivity contribution in [3.05, 3.63) is 66.5 Å². The number of rotatable bonds is 2. The van der Waals surface area contributed by atoms with Gasteiger partial charge in [-0.15, -0.1) is 0 Å². The Morgan fingerprint density at radius 3 is 2.19 bits per heavy atom. The van der Waals surface area contributed by atoms with E-state index in [2.05, 4.69) is 62.6 Å². The van der Waals surface area contributed by atoms with Crippen LogP contribution in [0.25, 0.3) is 21.5 Å². The third-order valence-electron chi connectivity index (χ3n) is 3.53. The average molecular weight is 272 g/mol. The van der Waals surface area contributed by atoms with Gasteiger partial charge in [0.2, 0.25) is 5.95 Å². The van der Waals surface area contributed by atoms with E-state index in [-0.39, 0.29) is 0 Å². The molecule has 0 aliphatic heterocycles. The van der Waals surface area contributed by atoms with Gasteiger partial charge >= 0.3 is 0 Å². The molecule has 0 radical (unpaired) electrons. The first-order valence-electron chi connectivity index (χ1n) is 6.72. The molecular formula is C17H12N4. The summed E-state index contributed by atoms with van der Waals surface area (Å²) in [4.78, 5) is 8.41. The highest BCUT2D eigenvalue weighted by Crippen LogP contribution is 2.27. The van der Waals surface area contributed by atoms with Gasteiger partial charge < -0.3 is 0 Å². The minimum absolute atomic E-state index is 0.506. The van der Waals surface area contributed by atoms with Crippen LogP contribution in [0.2, 0.25) is 0 Å². The van der Waals surface area contributed by atoms with Gasteiger partial charge in [-0.05, 0) is 27.6 Å². The molecule has 0 saturated carbocycles. The fourth-order valence-corrected chi connectivity index (χ4v) is 2.57. The summed E-state index contributed by atoms with van der Waals surface area (Å²) in [5.41, 5.74) is 1.10. The number of aliphatic imine (C=N–C) groups is 1. The van der Waals surface area contributed by atoms with E-state index in [1.807, 2.05) is 18.3 Å². The van der Waals surface area contributed by atoms with Gasteiger partial charge in [-0.3, -0.25) is 0 Å². The topological polar surface area (TPSA) is 53.9 Å². The number of hydrogen-bond acceptors (Lipinski definition) is 3. The summed E-state index contributed by atoms with van der Waals surface area (Å²) in [5, 5.41) is 11.3. The summed E-state index contributed by atoms with van der Waals surface area (Å²) >= 11 is 0. The number of nitrogens with zero attached hydrogens (tertiary/aromatic N) is 3. The highest BCUT2D eigenvalue weighted by atomic mass is 15.2. The van der Waals surface area contributed by atoms with Gasteiger partial charge in [0.15, 0.2) is 0 Å². The molecule has 4 rings (SSSR count). The van der Waals surface area contributed by atoms with E-state index in [0.717, 1.165) is 5.56 Å². The summed E-state index contributed by atoms with van der Waals surface area (Å²) in [6, 6.07) is 18.9. The molecule has 0 spiro atoms. The molecular weight excluding hydrogens is 260 g/mol. The number of benzene rings is 3. The summed E-state index contributed by atoms with van der Waals surface area (Å²) in [6.45, 7) is 0. The number of nitrogens with one attached hydrogen (secondary N) is 1. The van der Waals surface area contributed by atoms with Crippen molar-refractivity contribution in [3.8, 4) is 0 Å². The fraction of sp³-hybridized carbons (Fsp3) is 0. The molecule has 4 heteroatoms. The monoisotopic (exact) mass is 272 g/mol. The highest BCUT2D eigenvalue weighted by Gasteiger charge is 2.05. The average Bonchev–Trinajstić information content (AvgIpc) is 3.05. The summed E-state index contributed by atoms with van der Waals surface area (Å²) in [5.74, 6) is 0.506. The zero-order valence-corrected chi connectivity index (χ0v) is 11.2. The zero-order chi connectivity index (χ0) is 14.1. The second kappa shape index (κ2) is 4.83. The maximum atomic E-state index is 4.38. The van der Waals surface area contributed by atoms with Gasteiger partial charge in [-0.25, -0.2) is 10.1 Å². The second-order valence-electron chi connectivity index (χ2n) is 4.80. The van der Waals surface area contributed by atoms with Crippen LogP contribution in [-0.4, -0.2) is 21.4 Å². The van der Waals surface area contributed by atoms with E-state index < -0.39 is 0 Å². The first-order chi connectivity index (χ1) is 10.4. The van der Waals surface area contributed by atoms with Gasteiger partial charge in [0, 0.05) is 11.8 Å². The van der Waals surface area contributed by atoms with E-state index in [1.165, 1.54) is 27.9 Å². The Morgan fingerprint density at radius 1 is 0.905 bits per heavy atom. The van der Waals surface area contributed by atoms with Crippen LogP contribution in [-0.2, 0) is 0 Å². The first-order valence-corrected chi connectivity index (χ1v) is 6.72. The summed E-state index contributed by atoms with van der Waals surface area (Å²) in [6.07, 6.45) is 3.30. The number of aromatic nitrogens is 3. The Hall–Kier alpha value is -3.01. The van der Waals surface area contributed by atoms with Crippen LogP contribution in [0.4, 0.5) is 5.95 Å². The Balaban J connectivity index is 2.02. The van der Waals surface area contributed by atoms with Crippen molar-refractivity contribution in [2.24, 2.45) is 4.99 Å². The highest BCUT2D eigenvalue weighted by molar-refractivity contribution is 6.13. The number of fused-ring (bicyclic) bond motifs is 2. The van der Waals surface area contributed by atoms with Crippen LogP contribution in [0.1, 0.15) is 5.56 Å². The molecule has 3 aromatic carbocycles. The maximum Gasteiger partial charge on any atom is 0.245 e. The molecule has 0 bridgehead atoms. The summed E-state index contributed by atoms with van der Waals surface area (Å²) < 4.78 is 0. The Morgan fingerprint density at radius 2 is 1.57 bits per heavy atom. The SMILES string of the molecule is C(=N\c1ncn[nH]1)/c1c2ccccc2cc2ccccc12. The van der Waals surface area contributed by atoms with Crippen LogP contribution in [0.5, 0.6) is 0 Å². The smallest absolute Gasteiger partial charge is 0.244 e. The minimum Gasteiger partial charge on any atom is -0.244 e. The molecule has 0 aliphatic rings. The third kappa shape index (κ3) is 2.07. The first kappa shape index (κ1) is 11.8. The van der Waals surface area contributed by atoms with Crippen LogP contribution >= 0.6 is 0 Å². The lowest BCUT2D eigenvalue weighted by Crippen LogP contribution is -1.88. The molecule has 0 fully saturated rings. The maximum absolute atomic E-state index is 4.38. The summed E-state index contributed by atoms with van der Waals surface area (Å²) in [7, 11) is 0. The van der Waals surface area contributed by atoms with Crippen molar-refractivity contribution in [2.75, 3.05) is 0 Å². The number of hydrogen-bond donors (Lipinski definition) is 1. The van der Waals surface area contributed by atoms with Gasteiger partial charge in [0.05, 0.1) is 0 Å². The van der Waals surface area contributed by atoms with Crippen molar-refractivity contribution in [1.29, 1.82) is 0 Å². The van der Waals surface area contributed by atoms with E-state index >= 15 is 0 Å². The Kier molecular flexibility index (Phi) is 2.71. The van der Waals surface area contributed by atoms with Crippen LogP contribution in [0.3, 0.4) is 0 Å². The van der Waals surface area contributed by atoms with E-state index in [1.54, 1.807) is 0 Å². The third-order valence-corrected chi connectivity index (χ3v) is 3.53. The Bertz CT molecular complexity index is 886. The molecule has 0 amide bonds. The molecule has 1 heterocycles. The lowest BCUT2D eigenvalue weighted by Gasteiger charge is -2.07. The predicted octanol–water partition coefficient (Wildman–Crippen LogP) is 3.86. The standard InChI is InChI=1S/C17H12N4/c1-3-7-14-12(5-1)9-13-6-2-4-8-15(13)16(14)10-18-17-19-11-20-21-17/h1-11H,(H,19,20,21)/b18-10+. The molecule has 100 valence electrons. The van der Waals surface area contributed by atoms with E-state index in [0.29, 0.717) is 5.95 Å². The molecule has 4 aromatic rings. The van der Waals surface area contributed by atoms with Crippen molar-refractivity contribution in [3.63, 3.8) is 0 Å². The van der Waals surface area contributed by atoms with Gasteiger partial charge in [0.25, 0.3) is 0 Å². The fourth-order valence-electron chi connectivity index (χ4n) is 2.57. The number of aromatic amines is 1. The van der Waals surface area contributed by atoms with Crippen LogP contribution in [0.15, 0.2) is 65.9 Å². The van der Waals surface area contributed by atoms with Gasteiger partial charge in [0.1, 0.15) is 6.33 Å². The Labute approximate surface area is 121 Å². The van der Waals surface area contributed by atoms with Crippen molar-refractivity contribution in [2.45, 2.75) is 0 Å². The minimum atomic E-state index is 0.506. The van der Waals surface area contributed by atoms with Crippen molar-refractivity contribution >= 4 is 33.7 Å². The largest absolute Gasteiger partial charge is 0.245 e. The van der Waals surface area contributed by atoms with E-state index in [9.17, 15) is 0 Å². The second-order valence-corrected chi connectivity index (χ2v) is 4.80. The normalized spacial score (nSPS) is 11.6. The molecule has 0 aliphatic carbocycles. The van der Waals surface area contributed by atoms with Crippen LogP contribution < -0.4 is 0 Å². The molecule has 21 heavy (non-hydrogen) atoms. The lowest BCUT2D eigenvalue weighted by molar-refractivity contribution is 1.08. The molecule has 0 unspecified atom stereocenters. The van der Waals surface area contributed by atoms with Crippen molar-refractivity contribution in [1.82, 2.24) is 15.2 Å². The quantitative estimate of drug-likeness (QED) is 0.445. The molecule has 1 aromatic heterocycles.